The van der Waals surface area contributed by atoms with Gasteiger partial charge in [0, 0.05) is 18.5 Å². The van der Waals surface area contributed by atoms with Gasteiger partial charge in [0.2, 0.25) is 5.91 Å². The van der Waals surface area contributed by atoms with Crippen LogP contribution in [0.2, 0.25) is 0 Å². The molecule has 0 aliphatic carbocycles. The van der Waals surface area contributed by atoms with Crippen LogP contribution in [0.3, 0.4) is 0 Å². The normalized spacial score (nSPS) is 20.3. The first-order chi connectivity index (χ1) is 12.4. The van der Waals surface area contributed by atoms with Gasteiger partial charge < -0.3 is 9.47 Å². The molecule has 1 aromatic carbocycles. The van der Waals surface area contributed by atoms with Crippen LogP contribution in [0.5, 0.6) is 0 Å². The number of carbonyl (C=O) groups is 1. The summed E-state index contributed by atoms with van der Waals surface area (Å²) in [6.45, 7) is 6.25. The number of aromatic nitrogens is 2. The van der Waals surface area contributed by atoms with Crippen LogP contribution in [0.1, 0.15) is 39.4 Å². The molecule has 0 bridgehead atoms. The van der Waals surface area contributed by atoms with Gasteiger partial charge in [-0.15, -0.1) is 0 Å². The van der Waals surface area contributed by atoms with Gasteiger partial charge in [-0.1, -0.05) is 26.0 Å². The number of amides is 1. The lowest BCUT2D eigenvalue weighted by molar-refractivity contribution is -0.136. The maximum absolute atomic E-state index is 13.2. The second kappa shape index (κ2) is 7.39. The fourth-order valence-corrected chi connectivity index (χ4v) is 5.50. The Kier molecular flexibility index (Phi) is 5.37. The van der Waals surface area contributed by atoms with Crippen molar-refractivity contribution >= 4 is 26.8 Å². The molecule has 2 atom stereocenters. The minimum atomic E-state index is -3.04. The largest absolute Gasteiger partial charge is 0.334 e. The van der Waals surface area contributed by atoms with E-state index in [9.17, 15) is 13.2 Å². The number of para-hydroxylation sites is 2. The summed E-state index contributed by atoms with van der Waals surface area (Å²) < 4.78 is 25.8. The molecule has 1 aliphatic heterocycles. The Balaban J connectivity index is 1.91. The SMILES string of the molecule is CCc1nc2ccccc2n1CC(=O)N([C@H]1CCS(=O)(=O)C1)[C@@H](C)CC. The van der Waals surface area contributed by atoms with Gasteiger partial charge in [-0.2, -0.15) is 0 Å². The highest BCUT2D eigenvalue weighted by Gasteiger charge is 2.36. The van der Waals surface area contributed by atoms with Crippen molar-refractivity contribution < 1.29 is 13.2 Å². The molecule has 1 aromatic heterocycles. The number of nitrogens with zero attached hydrogens (tertiary/aromatic N) is 3. The number of sulfone groups is 1. The van der Waals surface area contributed by atoms with E-state index in [1.807, 2.05) is 49.6 Å². The van der Waals surface area contributed by atoms with Gasteiger partial charge in [-0.25, -0.2) is 13.4 Å². The van der Waals surface area contributed by atoms with Gasteiger partial charge in [0.05, 0.1) is 22.5 Å². The standard InChI is InChI=1S/C19H27N3O3S/c1-4-14(3)22(15-10-11-26(24,25)13-15)19(23)12-21-17-9-7-6-8-16(17)20-18(21)5-2/h6-9,14-15H,4-5,10-13H2,1-3H3/t14-,15-/m0/s1. The Morgan fingerprint density at radius 2 is 2.08 bits per heavy atom. The number of carbonyl (C=O) groups excluding carboxylic acids is 1. The van der Waals surface area contributed by atoms with Gasteiger partial charge in [0.15, 0.2) is 9.84 Å². The van der Waals surface area contributed by atoms with E-state index in [1.54, 1.807) is 4.90 Å². The van der Waals surface area contributed by atoms with Crippen molar-refractivity contribution in [3.8, 4) is 0 Å². The van der Waals surface area contributed by atoms with Crippen LogP contribution >= 0.6 is 0 Å². The smallest absolute Gasteiger partial charge is 0.243 e. The zero-order valence-corrected chi connectivity index (χ0v) is 16.5. The number of aryl methyl sites for hydroxylation is 1. The molecule has 1 fully saturated rings. The molecule has 1 aliphatic rings. The lowest BCUT2D eigenvalue weighted by Crippen LogP contribution is -2.48. The molecule has 0 N–H and O–H groups in total. The second-order valence-electron chi connectivity index (χ2n) is 7.07. The Labute approximate surface area is 155 Å². The van der Waals surface area contributed by atoms with Crippen LogP contribution in [-0.4, -0.2) is 52.4 Å². The van der Waals surface area contributed by atoms with Crippen molar-refractivity contribution in [1.82, 2.24) is 14.5 Å². The number of imidazole rings is 1. The van der Waals surface area contributed by atoms with E-state index >= 15 is 0 Å². The van der Waals surface area contributed by atoms with E-state index in [4.69, 9.17) is 0 Å². The predicted molar refractivity (Wildman–Crippen MR) is 103 cm³/mol. The highest BCUT2D eigenvalue weighted by atomic mass is 32.2. The zero-order valence-electron chi connectivity index (χ0n) is 15.7. The molecule has 0 unspecified atom stereocenters. The summed E-state index contributed by atoms with van der Waals surface area (Å²) in [5, 5.41) is 0. The fourth-order valence-electron chi connectivity index (χ4n) is 3.79. The minimum Gasteiger partial charge on any atom is -0.334 e. The molecule has 2 aromatic rings. The summed E-state index contributed by atoms with van der Waals surface area (Å²) in [5.74, 6) is 1.10. The van der Waals surface area contributed by atoms with E-state index in [0.29, 0.717) is 6.42 Å². The molecule has 3 rings (SSSR count). The van der Waals surface area contributed by atoms with E-state index in [1.165, 1.54) is 0 Å². The molecule has 26 heavy (non-hydrogen) atoms. The highest BCUT2D eigenvalue weighted by molar-refractivity contribution is 7.91. The minimum absolute atomic E-state index is 0.0145. The van der Waals surface area contributed by atoms with E-state index in [0.717, 1.165) is 29.7 Å². The number of fused-ring (bicyclic) bond motifs is 1. The summed E-state index contributed by atoms with van der Waals surface area (Å²) in [7, 11) is -3.04. The quantitative estimate of drug-likeness (QED) is 0.775. The van der Waals surface area contributed by atoms with Crippen molar-refractivity contribution in [1.29, 1.82) is 0 Å². The summed E-state index contributed by atoms with van der Waals surface area (Å²) in [4.78, 5) is 19.6. The van der Waals surface area contributed by atoms with Gasteiger partial charge >= 0.3 is 0 Å². The first-order valence-corrected chi connectivity index (χ1v) is 11.1. The fraction of sp³-hybridized carbons (Fsp3) is 0.579. The Morgan fingerprint density at radius 1 is 1.35 bits per heavy atom. The van der Waals surface area contributed by atoms with Gasteiger partial charge in [-0.05, 0) is 31.9 Å². The van der Waals surface area contributed by atoms with Crippen molar-refractivity contribution in [2.45, 2.75) is 58.7 Å². The molecule has 0 spiro atoms. The van der Waals surface area contributed by atoms with Crippen molar-refractivity contribution in [3.05, 3.63) is 30.1 Å². The van der Waals surface area contributed by atoms with Gasteiger partial charge in [0.25, 0.3) is 0 Å². The number of hydrogen-bond donors (Lipinski definition) is 0. The molecular weight excluding hydrogens is 350 g/mol. The highest BCUT2D eigenvalue weighted by Crippen LogP contribution is 2.23. The van der Waals surface area contributed by atoms with E-state index in [2.05, 4.69) is 4.98 Å². The summed E-state index contributed by atoms with van der Waals surface area (Å²) >= 11 is 0. The average molecular weight is 378 g/mol. The van der Waals surface area contributed by atoms with Crippen LogP contribution in [0.25, 0.3) is 11.0 Å². The second-order valence-corrected chi connectivity index (χ2v) is 9.30. The zero-order chi connectivity index (χ0) is 18.9. The summed E-state index contributed by atoms with van der Waals surface area (Å²) in [5.41, 5.74) is 1.83. The lowest BCUT2D eigenvalue weighted by atomic mass is 10.1. The Hall–Kier alpha value is -1.89. The molecule has 0 saturated carbocycles. The maximum Gasteiger partial charge on any atom is 0.243 e. The molecule has 7 heteroatoms. The van der Waals surface area contributed by atoms with Crippen LogP contribution in [-0.2, 0) is 27.6 Å². The molecule has 0 radical (unpaired) electrons. The average Bonchev–Trinajstić information content (AvgIpc) is 3.15. The Bertz CT molecular complexity index is 904. The maximum atomic E-state index is 13.2. The van der Waals surface area contributed by atoms with Gasteiger partial charge in [-0.3, -0.25) is 4.79 Å². The number of hydrogen-bond acceptors (Lipinski definition) is 4. The molecule has 6 nitrogen and oxygen atoms in total. The predicted octanol–water partition coefficient (Wildman–Crippen LogP) is 2.41. The first-order valence-electron chi connectivity index (χ1n) is 9.32. The van der Waals surface area contributed by atoms with E-state index < -0.39 is 9.84 Å². The van der Waals surface area contributed by atoms with Crippen molar-refractivity contribution in [2.24, 2.45) is 0 Å². The molecular formula is C19H27N3O3S. The monoisotopic (exact) mass is 377 g/mol. The molecule has 1 saturated heterocycles. The van der Waals surface area contributed by atoms with Crippen molar-refractivity contribution in [2.75, 3.05) is 11.5 Å². The number of benzene rings is 1. The lowest BCUT2D eigenvalue weighted by Gasteiger charge is -2.34. The molecule has 142 valence electrons. The topological polar surface area (TPSA) is 72.3 Å². The molecule has 2 heterocycles. The summed E-state index contributed by atoms with van der Waals surface area (Å²) in [6.07, 6.45) is 2.07. The van der Waals surface area contributed by atoms with Crippen LogP contribution in [0.15, 0.2) is 24.3 Å². The number of rotatable bonds is 6. The van der Waals surface area contributed by atoms with Crippen LogP contribution in [0.4, 0.5) is 0 Å². The molecule has 1 amide bonds. The van der Waals surface area contributed by atoms with Crippen LogP contribution in [0, 0.1) is 0 Å². The van der Waals surface area contributed by atoms with E-state index in [-0.39, 0.29) is 36.0 Å². The van der Waals surface area contributed by atoms with Crippen LogP contribution < -0.4 is 0 Å². The third kappa shape index (κ3) is 3.63. The Morgan fingerprint density at radius 3 is 2.69 bits per heavy atom. The third-order valence-corrected chi connectivity index (χ3v) is 7.05. The third-order valence-electron chi connectivity index (χ3n) is 5.30. The summed E-state index contributed by atoms with van der Waals surface area (Å²) in [6, 6.07) is 7.60. The van der Waals surface area contributed by atoms with Crippen molar-refractivity contribution in [3.63, 3.8) is 0 Å². The van der Waals surface area contributed by atoms with Gasteiger partial charge in [0.1, 0.15) is 12.4 Å². The first kappa shape index (κ1) is 18.9.